The fourth-order valence-corrected chi connectivity index (χ4v) is 1.43. The molecule has 0 saturated carbocycles. The van der Waals surface area contributed by atoms with Crippen molar-refractivity contribution in [2.24, 2.45) is 0 Å². The van der Waals surface area contributed by atoms with Crippen molar-refractivity contribution in [1.82, 2.24) is 9.97 Å². The van der Waals surface area contributed by atoms with E-state index in [4.69, 9.17) is 11.6 Å². The average molecular weight is 256 g/mol. The highest BCUT2D eigenvalue weighted by Crippen LogP contribution is 2.20. The maximum absolute atomic E-state index is 13.3. The molecule has 1 aromatic carbocycles. The maximum atomic E-state index is 13.3. The molecule has 0 fully saturated rings. The van der Waals surface area contributed by atoms with Gasteiger partial charge in [-0.25, -0.2) is 13.8 Å². The summed E-state index contributed by atoms with van der Waals surface area (Å²) in [6.45, 7) is 1.61. The van der Waals surface area contributed by atoms with Gasteiger partial charge in [0.25, 0.3) is 0 Å². The molecule has 2 aromatic rings. The summed E-state index contributed by atoms with van der Waals surface area (Å²) in [5, 5.41) is 2.64. The lowest BCUT2D eigenvalue weighted by molar-refractivity contribution is 0.617. The van der Waals surface area contributed by atoms with Crippen LogP contribution in [0.15, 0.2) is 24.4 Å². The predicted octanol–water partition coefficient (Wildman–Crippen LogP) is 3.46. The first kappa shape index (κ1) is 11.7. The number of aryl methyl sites for hydroxylation is 1. The van der Waals surface area contributed by atoms with Gasteiger partial charge in [-0.2, -0.15) is 4.98 Å². The average Bonchev–Trinajstić information content (AvgIpc) is 2.29. The van der Waals surface area contributed by atoms with E-state index in [1.165, 1.54) is 12.1 Å². The van der Waals surface area contributed by atoms with Crippen LogP contribution in [0.4, 0.5) is 20.3 Å². The Morgan fingerprint density at radius 2 is 2.00 bits per heavy atom. The van der Waals surface area contributed by atoms with Crippen LogP contribution in [-0.2, 0) is 0 Å². The maximum Gasteiger partial charge on any atom is 0.224 e. The molecule has 0 amide bonds. The van der Waals surface area contributed by atoms with E-state index in [9.17, 15) is 8.78 Å². The molecule has 0 aliphatic rings. The second kappa shape index (κ2) is 4.63. The van der Waals surface area contributed by atoms with E-state index < -0.39 is 5.82 Å². The van der Waals surface area contributed by atoms with Gasteiger partial charge in [0.05, 0.1) is 6.20 Å². The molecule has 17 heavy (non-hydrogen) atoms. The first-order valence-electron chi connectivity index (χ1n) is 4.77. The molecule has 2 rings (SSSR count). The van der Waals surface area contributed by atoms with Crippen molar-refractivity contribution in [1.29, 1.82) is 0 Å². The number of rotatable bonds is 2. The molecular formula is C11H8ClF2N3. The third-order valence-corrected chi connectivity index (χ3v) is 2.32. The molecule has 1 N–H and O–H groups in total. The molecule has 0 bridgehead atoms. The van der Waals surface area contributed by atoms with Gasteiger partial charge in [-0.05, 0) is 42.3 Å². The highest BCUT2D eigenvalue weighted by Gasteiger charge is 2.07. The minimum atomic E-state index is -0.628. The highest BCUT2D eigenvalue weighted by atomic mass is 35.5. The first-order valence-corrected chi connectivity index (χ1v) is 5.15. The van der Waals surface area contributed by atoms with Crippen LogP contribution >= 0.6 is 11.6 Å². The van der Waals surface area contributed by atoms with Crippen molar-refractivity contribution in [3.05, 3.63) is 46.9 Å². The SMILES string of the molecule is Cc1cc(Nc2nc(Cl)ncc2F)ccc1F. The van der Waals surface area contributed by atoms with Crippen molar-refractivity contribution in [2.45, 2.75) is 6.92 Å². The van der Waals surface area contributed by atoms with Crippen molar-refractivity contribution in [3.63, 3.8) is 0 Å². The van der Waals surface area contributed by atoms with Crippen LogP contribution in [0.5, 0.6) is 0 Å². The zero-order valence-electron chi connectivity index (χ0n) is 8.84. The van der Waals surface area contributed by atoms with Gasteiger partial charge in [0.15, 0.2) is 11.6 Å². The smallest absolute Gasteiger partial charge is 0.224 e. The molecule has 88 valence electrons. The number of hydrogen-bond donors (Lipinski definition) is 1. The summed E-state index contributed by atoms with van der Waals surface area (Å²) in [6.07, 6.45) is 0.966. The summed E-state index contributed by atoms with van der Waals surface area (Å²) in [5.41, 5.74) is 0.980. The lowest BCUT2D eigenvalue weighted by Gasteiger charge is -2.07. The van der Waals surface area contributed by atoms with Crippen LogP contribution in [0.1, 0.15) is 5.56 Å². The Morgan fingerprint density at radius 1 is 1.24 bits per heavy atom. The quantitative estimate of drug-likeness (QED) is 0.835. The van der Waals surface area contributed by atoms with Crippen LogP contribution in [0.3, 0.4) is 0 Å². The van der Waals surface area contributed by atoms with E-state index in [0.717, 1.165) is 6.20 Å². The standard InChI is InChI=1S/C11H8ClF2N3/c1-6-4-7(2-3-8(6)13)16-10-9(14)5-15-11(12)17-10/h2-5H,1H3,(H,15,16,17). The zero-order valence-corrected chi connectivity index (χ0v) is 9.59. The van der Waals surface area contributed by atoms with E-state index in [1.54, 1.807) is 13.0 Å². The van der Waals surface area contributed by atoms with Gasteiger partial charge in [-0.1, -0.05) is 0 Å². The third-order valence-electron chi connectivity index (χ3n) is 2.14. The molecule has 0 aliphatic heterocycles. The molecule has 1 aromatic heterocycles. The van der Waals surface area contributed by atoms with Gasteiger partial charge in [0.2, 0.25) is 5.28 Å². The zero-order chi connectivity index (χ0) is 12.4. The summed E-state index contributed by atoms with van der Waals surface area (Å²) in [5.74, 6) is -0.996. The lowest BCUT2D eigenvalue weighted by atomic mass is 10.2. The summed E-state index contributed by atoms with van der Waals surface area (Å²) in [4.78, 5) is 7.19. The van der Waals surface area contributed by atoms with Gasteiger partial charge in [0, 0.05) is 5.69 Å². The van der Waals surface area contributed by atoms with Crippen LogP contribution in [0.2, 0.25) is 5.28 Å². The molecule has 0 atom stereocenters. The molecule has 0 unspecified atom stereocenters. The van der Waals surface area contributed by atoms with Crippen LogP contribution in [0.25, 0.3) is 0 Å². The fourth-order valence-electron chi connectivity index (χ4n) is 1.29. The second-order valence-electron chi connectivity index (χ2n) is 3.42. The number of nitrogens with one attached hydrogen (secondary N) is 1. The molecule has 6 heteroatoms. The summed E-state index contributed by atoms with van der Waals surface area (Å²) >= 11 is 5.55. The van der Waals surface area contributed by atoms with Gasteiger partial charge in [-0.15, -0.1) is 0 Å². The fraction of sp³-hybridized carbons (Fsp3) is 0.0909. The summed E-state index contributed by atoms with van der Waals surface area (Å²) in [7, 11) is 0. The number of aromatic nitrogens is 2. The monoisotopic (exact) mass is 255 g/mol. The van der Waals surface area contributed by atoms with E-state index in [1.807, 2.05) is 0 Å². The normalized spacial score (nSPS) is 10.4. The van der Waals surface area contributed by atoms with E-state index in [-0.39, 0.29) is 16.9 Å². The van der Waals surface area contributed by atoms with E-state index in [2.05, 4.69) is 15.3 Å². The van der Waals surface area contributed by atoms with Gasteiger partial charge >= 0.3 is 0 Å². The minimum Gasteiger partial charge on any atom is -0.338 e. The van der Waals surface area contributed by atoms with Crippen molar-refractivity contribution in [3.8, 4) is 0 Å². The molecule has 1 heterocycles. The molecule has 3 nitrogen and oxygen atoms in total. The molecule has 0 spiro atoms. The molecule has 0 radical (unpaired) electrons. The Kier molecular flexibility index (Phi) is 3.19. The van der Waals surface area contributed by atoms with E-state index in [0.29, 0.717) is 11.3 Å². The summed E-state index contributed by atoms with van der Waals surface area (Å²) in [6, 6.07) is 4.32. The van der Waals surface area contributed by atoms with E-state index >= 15 is 0 Å². The Hall–Kier alpha value is -1.75. The number of hydrogen-bond acceptors (Lipinski definition) is 3. The van der Waals surface area contributed by atoms with Gasteiger partial charge in [0.1, 0.15) is 5.82 Å². The second-order valence-corrected chi connectivity index (χ2v) is 3.76. The highest BCUT2D eigenvalue weighted by molar-refractivity contribution is 6.28. The van der Waals surface area contributed by atoms with Crippen molar-refractivity contribution >= 4 is 23.1 Å². The van der Waals surface area contributed by atoms with Crippen LogP contribution in [0, 0.1) is 18.6 Å². The lowest BCUT2D eigenvalue weighted by Crippen LogP contribution is -1.99. The Balaban J connectivity index is 2.31. The Morgan fingerprint density at radius 3 is 2.71 bits per heavy atom. The third kappa shape index (κ3) is 2.68. The Bertz CT molecular complexity index is 560. The molecular weight excluding hydrogens is 248 g/mol. The predicted molar refractivity (Wildman–Crippen MR) is 61.4 cm³/mol. The van der Waals surface area contributed by atoms with Gasteiger partial charge in [-0.3, -0.25) is 0 Å². The Labute approximate surface area is 101 Å². The van der Waals surface area contributed by atoms with Crippen molar-refractivity contribution < 1.29 is 8.78 Å². The number of nitrogens with zero attached hydrogens (tertiary/aromatic N) is 2. The van der Waals surface area contributed by atoms with Crippen molar-refractivity contribution in [2.75, 3.05) is 5.32 Å². The largest absolute Gasteiger partial charge is 0.338 e. The summed E-state index contributed by atoms with van der Waals surface area (Å²) < 4.78 is 26.3. The minimum absolute atomic E-state index is 0.0454. The topological polar surface area (TPSA) is 37.8 Å². The molecule has 0 aliphatic carbocycles. The van der Waals surface area contributed by atoms with Crippen LogP contribution in [-0.4, -0.2) is 9.97 Å². The first-order chi connectivity index (χ1) is 8.06. The number of halogens is 3. The van der Waals surface area contributed by atoms with Gasteiger partial charge < -0.3 is 5.32 Å². The van der Waals surface area contributed by atoms with Crippen LogP contribution < -0.4 is 5.32 Å². The number of anilines is 2. The molecule has 0 saturated heterocycles. The number of benzene rings is 1.